The van der Waals surface area contributed by atoms with E-state index in [1.54, 1.807) is 0 Å². The van der Waals surface area contributed by atoms with Crippen molar-refractivity contribution in [3.63, 3.8) is 0 Å². The highest BCUT2D eigenvalue weighted by Crippen LogP contribution is 2.42. The average molecular weight is 434 g/mol. The number of anilines is 1. The molecule has 0 radical (unpaired) electrons. The first-order valence-electron chi connectivity index (χ1n) is 8.72. The number of amidine groups is 1. The van der Waals surface area contributed by atoms with Crippen molar-refractivity contribution < 1.29 is 31.1 Å². The van der Waals surface area contributed by atoms with Gasteiger partial charge < -0.3 is 9.64 Å². The summed E-state index contributed by atoms with van der Waals surface area (Å²) in [5.74, 6) is -0.765. The van der Waals surface area contributed by atoms with Gasteiger partial charge >= 0.3 is 6.18 Å². The number of thioether (sulfide) groups is 1. The summed E-state index contributed by atoms with van der Waals surface area (Å²) in [7, 11) is -3.30. The van der Waals surface area contributed by atoms with Crippen molar-refractivity contribution >= 4 is 38.4 Å². The molecule has 3 aliphatic rings. The Bertz CT molecular complexity index is 927. The maximum absolute atomic E-state index is 13.1. The predicted octanol–water partition coefficient (Wildman–Crippen LogP) is 2.49. The number of fused-ring (bicyclic) bond motifs is 1. The largest absolute Gasteiger partial charge is 0.416 e. The predicted molar refractivity (Wildman–Crippen MR) is 99.2 cm³/mol. The molecule has 1 amide bonds. The maximum atomic E-state index is 13.1. The normalized spacial score (nSPS) is 30.8. The summed E-state index contributed by atoms with van der Waals surface area (Å²) in [4.78, 5) is 18.0. The van der Waals surface area contributed by atoms with Crippen LogP contribution in [0.1, 0.15) is 18.4 Å². The zero-order chi connectivity index (χ0) is 20.1. The summed E-state index contributed by atoms with van der Waals surface area (Å²) in [5, 5.41) is -0.152. The lowest BCUT2D eigenvalue weighted by Gasteiger charge is -2.25. The van der Waals surface area contributed by atoms with Gasteiger partial charge in [-0.25, -0.2) is 8.42 Å². The Morgan fingerprint density at radius 3 is 2.75 bits per heavy atom. The van der Waals surface area contributed by atoms with E-state index in [-0.39, 0.29) is 27.6 Å². The third-order valence-corrected chi connectivity index (χ3v) is 8.14. The van der Waals surface area contributed by atoms with Gasteiger partial charge in [-0.05, 0) is 31.0 Å². The van der Waals surface area contributed by atoms with Crippen LogP contribution in [0.3, 0.4) is 0 Å². The molecule has 11 heteroatoms. The molecule has 28 heavy (non-hydrogen) atoms. The van der Waals surface area contributed by atoms with Crippen LogP contribution >= 0.6 is 11.8 Å². The molecular formula is C17H17F3N2O4S2. The standard InChI is InChI=1S/C17H17F3N2O4S2/c18-17(19,20)10-3-1-4-11(7-10)22-12-8-28(24,25)9-14(12)27-16(22)21-15(23)13-5-2-6-26-13/h1,3-4,7,12-14H,2,5-6,8-9H2/t12-,13+,14+/m1/s1. The molecular weight excluding hydrogens is 417 g/mol. The van der Waals surface area contributed by atoms with E-state index in [1.807, 2.05) is 0 Å². The number of sulfone groups is 1. The number of carbonyl (C=O) groups excluding carboxylic acids is 1. The van der Waals surface area contributed by atoms with Gasteiger partial charge in [0.1, 0.15) is 6.10 Å². The second kappa shape index (κ2) is 7.03. The molecule has 6 nitrogen and oxygen atoms in total. The molecule has 3 heterocycles. The molecule has 3 aliphatic heterocycles. The molecule has 0 saturated carbocycles. The van der Waals surface area contributed by atoms with Crippen LogP contribution in [0, 0.1) is 0 Å². The van der Waals surface area contributed by atoms with E-state index in [1.165, 1.54) is 17.0 Å². The summed E-state index contributed by atoms with van der Waals surface area (Å²) in [6, 6.07) is 4.08. The van der Waals surface area contributed by atoms with Gasteiger partial charge in [-0.1, -0.05) is 17.8 Å². The first-order chi connectivity index (χ1) is 13.1. The quantitative estimate of drug-likeness (QED) is 0.712. The van der Waals surface area contributed by atoms with Crippen molar-refractivity contribution in [3.05, 3.63) is 29.8 Å². The highest BCUT2D eigenvalue weighted by atomic mass is 32.2. The number of rotatable bonds is 2. The Morgan fingerprint density at radius 1 is 1.29 bits per heavy atom. The van der Waals surface area contributed by atoms with E-state index >= 15 is 0 Å². The fourth-order valence-corrected chi connectivity index (χ4v) is 7.56. The van der Waals surface area contributed by atoms with Crippen molar-refractivity contribution in [1.29, 1.82) is 0 Å². The van der Waals surface area contributed by atoms with Crippen LogP contribution in [0.4, 0.5) is 18.9 Å². The van der Waals surface area contributed by atoms with E-state index in [4.69, 9.17) is 4.74 Å². The summed E-state index contributed by atoms with van der Waals surface area (Å²) < 4.78 is 68.8. The maximum Gasteiger partial charge on any atom is 0.416 e. The number of alkyl halides is 3. The molecule has 0 spiro atoms. The lowest BCUT2D eigenvalue weighted by molar-refractivity contribution is -0.137. The summed E-state index contributed by atoms with van der Waals surface area (Å²) >= 11 is 1.13. The smallest absolute Gasteiger partial charge is 0.368 e. The van der Waals surface area contributed by atoms with Crippen LogP contribution in [-0.4, -0.2) is 55.0 Å². The third-order valence-electron chi connectivity index (χ3n) is 4.93. The number of hydrogen-bond acceptors (Lipinski definition) is 5. The van der Waals surface area contributed by atoms with E-state index in [9.17, 15) is 26.4 Å². The van der Waals surface area contributed by atoms with Gasteiger partial charge in [0.2, 0.25) is 0 Å². The Morgan fingerprint density at radius 2 is 2.07 bits per heavy atom. The van der Waals surface area contributed by atoms with Gasteiger partial charge in [-0.15, -0.1) is 0 Å². The van der Waals surface area contributed by atoms with Crippen LogP contribution in [0.5, 0.6) is 0 Å². The van der Waals surface area contributed by atoms with E-state index in [2.05, 4.69) is 4.99 Å². The molecule has 3 fully saturated rings. The van der Waals surface area contributed by atoms with Gasteiger partial charge in [0, 0.05) is 17.5 Å². The molecule has 3 atom stereocenters. The van der Waals surface area contributed by atoms with Crippen molar-refractivity contribution in [2.75, 3.05) is 23.0 Å². The van der Waals surface area contributed by atoms with Crippen molar-refractivity contribution in [2.24, 2.45) is 4.99 Å². The average Bonchev–Trinajstić information content (AvgIpc) is 3.28. The zero-order valence-electron chi connectivity index (χ0n) is 14.6. The minimum Gasteiger partial charge on any atom is -0.368 e. The zero-order valence-corrected chi connectivity index (χ0v) is 16.2. The van der Waals surface area contributed by atoms with Gasteiger partial charge in [0.15, 0.2) is 15.0 Å². The summed E-state index contributed by atoms with van der Waals surface area (Å²) in [5.41, 5.74) is -0.671. The Hall–Kier alpha value is -1.59. The van der Waals surface area contributed by atoms with Crippen LogP contribution in [0.15, 0.2) is 29.3 Å². The number of nitrogens with zero attached hydrogens (tertiary/aromatic N) is 2. The van der Waals surface area contributed by atoms with Gasteiger partial charge in [0.25, 0.3) is 5.91 Å². The number of carbonyl (C=O) groups is 1. The summed E-state index contributed by atoms with van der Waals surface area (Å²) in [6.45, 7) is 0.467. The van der Waals surface area contributed by atoms with Crippen LogP contribution in [0.25, 0.3) is 0 Å². The molecule has 0 unspecified atom stereocenters. The summed E-state index contributed by atoms with van der Waals surface area (Å²) in [6.07, 6.45) is -3.89. The Labute approximate surface area is 164 Å². The van der Waals surface area contributed by atoms with Gasteiger partial charge in [0.05, 0.1) is 23.1 Å². The fourth-order valence-electron chi connectivity index (χ4n) is 3.64. The van der Waals surface area contributed by atoms with Gasteiger partial charge in [-0.2, -0.15) is 18.2 Å². The number of halogens is 3. The van der Waals surface area contributed by atoms with Crippen LogP contribution in [0.2, 0.25) is 0 Å². The number of amides is 1. The minimum absolute atomic E-state index is 0.0923. The molecule has 3 saturated heterocycles. The molecule has 1 aromatic carbocycles. The highest BCUT2D eigenvalue weighted by molar-refractivity contribution is 8.16. The Kier molecular flexibility index (Phi) is 4.95. The molecule has 1 aromatic rings. The van der Waals surface area contributed by atoms with E-state index in [0.717, 1.165) is 30.3 Å². The second-order valence-electron chi connectivity index (χ2n) is 6.95. The van der Waals surface area contributed by atoms with Crippen molar-refractivity contribution in [3.8, 4) is 0 Å². The first-order valence-corrected chi connectivity index (χ1v) is 11.4. The Balaban J connectivity index is 1.72. The molecule has 0 aliphatic carbocycles. The minimum atomic E-state index is -4.53. The van der Waals surface area contributed by atoms with Crippen molar-refractivity contribution in [1.82, 2.24) is 0 Å². The van der Waals surface area contributed by atoms with E-state index < -0.39 is 39.6 Å². The third kappa shape index (κ3) is 3.79. The number of ether oxygens (including phenoxy) is 1. The molecule has 0 N–H and O–H groups in total. The molecule has 4 rings (SSSR count). The molecule has 0 bridgehead atoms. The monoisotopic (exact) mass is 434 g/mol. The second-order valence-corrected chi connectivity index (χ2v) is 10.3. The first kappa shape index (κ1) is 19.7. The number of benzene rings is 1. The SMILES string of the molecule is O=C(N=C1S[C@H]2CS(=O)(=O)C[C@H]2N1c1cccc(C(F)(F)F)c1)[C@@H]1CCCO1. The van der Waals surface area contributed by atoms with Gasteiger partial charge in [-0.3, -0.25) is 4.79 Å². The fraction of sp³-hybridized carbons (Fsp3) is 0.529. The lowest BCUT2D eigenvalue weighted by atomic mass is 10.1. The van der Waals surface area contributed by atoms with E-state index in [0.29, 0.717) is 13.0 Å². The highest BCUT2D eigenvalue weighted by Gasteiger charge is 2.50. The van der Waals surface area contributed by atoms with Crippen LogP contribution in [-0.2, 0) is 25.5 Å². The van der Waals surface area contributed by atoms with Crippen molar-refractivity contribution in [2.45, 2.75) is 36.4 Å². The molecule has 152 valence electrons. The topological polar surface area (TPSA) is 76.0 Å². The lowest BCUT2D eigenvalue weighted by Crippen LogP contribution is -2.38. The number of aliphatic imine (C=N–C) groups is 1. The number of hydrogen-bond donors (Lipinski definition) is 0. The van der Waals surface area contributed by atoms with Crippen LogP contribution < -0.4 is 4.90 Å². The molecule has 0 aromatic heterocycles.